The standard InChI is InChI=1S/C13H17N3O4/c14-13(17)10-3-4-11(12(6-10)16(18)19)15-7-9-2-1-5-20-8-9/h3-4,6,9,15H,1-2,5,7-8H2,(H2,14,17). The Morgan fingerprint density at radius 1 is 1.55 bits per heavy atom. The Bertz CT molecular complexity index is 512. The van der Waals surface area contributed by atoms with Crippen LogP contribution in [0.15, 0.2) is 18.2 Å². The molecule has 20 heavy (non-hydrogen) atoms. The van der Waals surface area contributed by atoms with Crippen LogP contribution in [-0.4, -0.2) is 30.6 Å². The van der Waals surface area contributed by atoms with Crippen molar-refractivity contribution >= 4 is 17.3 Å². The van der Waals surface area contributed by atoms with E-state index in [9.17, 15) is 14.9 Å². The largest absolute Gasteiger partial charge is 0.381 e. The summed E-state index contributed by atoms with van der Waals surface area (Å²) in [5, 5.41) is 14.1. The summed E-state index contributed by atoms with van der Waals surface area (Å²) in [6, 6.07) is 4.19. The number of ether oxygens (including phenoxy) is 1. The minimum atomic E-state index is -0.680. The molecule has 1 aliphatic heterocycles. The first-order valence-electron chi connectivity index (χ1n) is 6.48. The fourth-order valence-corrected chi connectivity index (χ4v) is 2.21. The van der Waals surface area contributed by atoms with Crippen molar-refractivity contribution in [3.8, 4) is 0 Å². The highest BCUT2D eigenvalue weighted by Gasteiger charge is 2.19. The summed E-state index contributed by atoms with van der Waals surface area (Å²) in [5.41, 5.74) is 5.51. The summed E-state index contributed by atoms with van der Waals surface area (Å²) < 4.78 is 5.36. The van der Waals surface area contributed by atoms with E-state index in [1.165, 1.54) is 18.2 Å². The summed E-state index contributed by atoms with van der Waals surface area (Å²) in [6.45, 7) is 2.06. The summed E-state index contributed by atoms with van der Waals surface area (Å²) in [5.74, 6) is -0.334. The molecule has 1 heterocycles. The lowest BCUT2D eigenvalue weighted by molar-refractivity contribution is -0.384. The van der Waals surface area contributed by atoms with Gasteiger partial charge >= 0.3 is 0 Å². The molecule has 1 fully saturated rings. The van der Waals surface area contributed by atoms with Crippen molar-refractivity contribution < 1.29 is 14.5 Å². The van der Waals surface area contributed by atoms with Crippen LogP contribution in [0.2, 0.25) is 0 Å². The Hall–Kier alpha value is -2.15. The molecular weight excluding hydrogens is 262 g/mol. The molecule has 0 radical (unpaired) electrons. The third-order valence-electron chi connectivity index (χ3n) is 3.31. The van der Waals surface area contributed by atoms with Crippen LogP contribution in [0.1, 0.15) is 23.2 Å². The van der Waals surface area contributed by atoms with Crippen molar-refractivity contribution in [1.82, 2.24) is 0 Å². The number of rotatable bonds is 5. The normalized spacial score (nSPS) is 18.5. The minimum Gasteiger partial charge on any atom is -0.381 e. The van der Waals surface area contributed by atoms with E-state index in [0.29, 0.717) is 24.8 Å². The van der Waals surface area contributed by atoms with Crippen molar-refractivity contribution in [2.24, 2.45) is 11.7 Å². The van der Waals surface area contributed by atoms with Crippen molar-refractivity contribution in [3.63, 3.8) is 0 Å². The quantitative estimate of drug-likeness (QED) is 0.627. The smallest absolute Gasteiger partial charge is 0.293 e. The molecule has 1 aromatic carbocycles. The average molecular weight is 279 g/mol. The molecule has 7 heteroatoms. The van der Waals surface area contributed by atoms with E-state index in [1.807, 2.05) is 0 Å². The zero-order valence-corrected chi connectivity index (χ0v) is 11.0. The van der Waals surface area contributed by atoms with Crippen LogP contribution in [0.25, 0.3) is 0 Å². The first kappa shape index (κ1) is 14.3. The fraction of sp³-hybridized carbons (Fsp3) is 0.462. The molecule has 0 bridgehead atoms. The molecule has 108 valence electrons. The van der Waals surface area contributed by atoms with Gasteiger partial charge in [0.05, 0.1) is 11.5 Å². The summed E-state index contributed by atoms with van der Waals surface area (Å²) >= 11 is 0. The van der Waals surface area contributed by atoms with Gasteiger partial charge < -0.3 is 15.8 Å². The van der Waals surface area contributed by atoms with Gasteiger partial charge in [0.15, 0.2) is 0 Å². The number of nitrogens with two attached hydrogens (primary N) is 1. The molecule has 3 N–H and O–H groups in total. The SMILES string of the molecule is NC(=O)c1ccc(NCC2CCCOC2)c([N+](=O)[O-])c1. The molecule has 0 spiro atoms. The third kappa shape index (κ3) is 3.45. The second-order valence-electron chi connectivity index (χ2n) is 4.82. The molecule has 1 aromatic rings. The van der Waals surface area contributed by atoms with Gasteiger partial charge in [0.25, 0.3) is 5.69 Å². The van der Waals surface area contributed by atoms with E-state index in [2.05, 4.69) is 5.32 Å². The summed E-state index contributed by atoms with van der Waals surface area (Å²) in [7, 11) is 0. The van der Waals surface area contributed by atoms with Crippen molar-refractivity contribution in [1.29, 1.82) is 0 Å². The van der Waals surface area contributed by atoms with Gasteiger partial charge in [-0.3, -0.25) is 14.9 Å². The number of hydrogen-bond acceptors (Lipinski definition) is 5. The number of carbonyl (C=O) groups is 1. The molecule has 1 amide bonds. The van der Waals surface area contributed by atoms with E-state index in [-0.39, 0.29) is 11.3 Å². The third-order valence-corrected chi connectivity index (χ3v) is 3.31. The number of nitro groups is 1. The zero-order chi connectivity index (χ0) is 14.5. The van der Waals surface area contributed by atoms with Crippen LogP contribution in [0.4, 0.5) is 11.4 Å². The van der Waals surface area contributed by atoms with Crippen LogP contribution >= 0.6 is 0 Å². The van der Waals surface area contributed by atoms with Gasteiger partial charge in [-0.15, -0.1) is 0 Å². The number of primary amides is 1. The van der Waals surface area contributed by atoms with E-state index >= 15 is 0 Å². The predicted octanol–water partition coefficient (Wildman–Crippen LogP) is 1.53. The van der Waals surface area contributed by atoms with Gasteiger partial charge in [-0.05, 0) is 30.9 Å². The van der Waals surface area contributed by atoms with Gasteiger partial charge in [-0.25, -0.2) is 0 Å². The fourth-order valence-electron chi connectivity index (χ4n) is 2.21. The van der Waals surface area contributed by atoms with E-state index < -0.39 is 10.8 Å². The van der Waals surface area contributed by atoms with Crippen molar-refractivity contribution in [3.05, 3.63) is 33.9 Å². The topological polar surface area (TPSA) is 107 Å². The average Bonchev–Trinajstić information content (AvgIpc) is 2.45. The molecule has 1 atom stereocenters. The van der Waals surface area contributed by atoms with Crippen LogP contribution in [0.3, 0.4) is 0 Å². The van der Waals surface area contributed by atoms with Crippen LogP contribution in [-0.2, 0) is 4.74 Å². The summed E-state index contributed by atoms with van der Waals surface area (Å²) in [4.78, 5) is 21.6. The number of nitrogens with zero attached hydrogens (tertiary/aromatic N) is 1. The maximum Gasteiger partial charge on any atom is 0.293 e. The Kier molecular flexibility index (Phi) is 4.52. The van der Waals surface area contributed by atoms with E-state index in [4.69, 9.17) is 10.5 Å². The van der Waals surface area contributed by atoms with Crippen LogP contribution < -0.4 is 11.1 Å². The number of anilines is 1. The lowest BCUT2D eigenvalue weighted by Crippen LogP contribution is -2.24. The minimum absolute atomic E-state index is 0.128. The molecule has 1 aliphatic rings. The van der Waals surface area contributed by atoms with E-state index in [0.717, 1.165) is 19.4 Å². The monoisotopic (exact) mass is 279 g/mol. The Morgan fingerprint density at radius 2 is 2.35 bits per heavy atom. The molecular formula is C13H17N3O4. The zero-order valence-electron chi connectivity index (χ0n) is 11.0. The van der Waals surface area contributed by atoms with Gasteiger partial charge in [0.1, 0.15) is 5.69 Å². The van der Waals surface area contributed by atoms with Crippen LogP contribution in [0.5, 0.6) is 0 Å². The number of carbonyl (C=O) groups excluding carboxylic acids is 1. The maximum absolute atomic E-state index is 11.1. The number of benzene rings is 1. The first-order chi connectivity index (χ1) is 9.58. The van der Waals surface area contributed by atoms with Gasteiger partial charge in [-0.1, -0.05) is 0 Å². The summed E-state index contributed by atoms with van der Waals surface area (Å²) in [6.07, 6.45) is 2.05. The highest BCUT2D eigenvalue weighted by Crippen LogP contribution is 2.26. The number of amides is 1. The van der Waals surface area contributed by atoms with Gasteiger partial charge in [-0.2, -0.15) is 0 Å². The van der Waals surface area contributed by atoms with Gasteiger partial charge in [0.2, 0.25) is 5.91 Å². The predicted molar refractivity (Wildman–Crippen MR) is 73.6 cm³/mol. The number of nitro benzene ring substituents is 1. The molecule has 2 rings (SSSR count). The van der Waals surface area contributed by atoms with Crippen molar-refractivity contribution in [2.75, 3.05) is 25.1 Å². The number of hydrogen-bond donors (Lipinski definition) is 2. The Labute approximate surface area is 116 Å². The lowest BCUT2D eigenvalue weighted by Gasteiger charge is -2.22. The van der Waals surface area contributed by atoms with E-state index in [1.54, 1.807) is 0 Å². The van der Waals surface area contributed by atoms with Crippen molar-refractivity contribution in [2.45, 2.75) is 12.8 Å². The highest BCUT2D eigenvalue weighted by atomic mass is 16.6. The number of nitrogens with one attached hydrogen (secondary N) is 1. The second-order valence-corrected chi connectivity index (χ2v) is 4.82. The molecule has 0 aromatic heterocycles. The molecule has 0 aliphatic carbocycles. The Morgan fingerprint density at radius 3 is 2.95 bits per heavy atom. The maximum atomic E-state index is 11.1. The highest BCUT2D eigenvalue weighted by molar-refractivity contribution is 5.94. The second kappa shape index (κ2) is 6.33. The lowest BCUT2D eigenvalue weighted by atomic mass is 10.0. The molecule has 1 saturated heterocycles. The molecule has 1 unspecified atom stereocenters. The molecule has 7 nitrogen and oxygen atoms in total. The first-order valence-corrected chi connectivity index (χ1v) is 6.48. The van der Waals surface area contributed by atoms with Crippen LogP contribution in [0, 0.1) is 16.0 Å². The van der Waals surface area contributed by atoms with Gasteiger partial charge in [0, 0.05) is 24.8 Å². The Balaban J connectivity index is 2.09. The molecule has 0 saturated carbocycles.